The molecule has 0 saturated heterocycles. The van der Waals surface area contributed by atoms with E-state index in [-0.39, 0.29) is 11.3 Å². The molecule has 0 aliphatic carbocycles. The van der Waals surface area contributed by atoms with Crippen LogP contribution in [0.3, 0.4) is 0 Å². The normalized spacial score (nSPS) is 10.8. The first kappa shape index (κ1) is 13.5. The molecule has 2 heterocycles. The topological polar surface area (TPSA) is 68.9 Å². The minimum absolute atomic E-state index is 0.0801. The lowest BCUT2D eigenvalue weighted by Crippen LogP contribution is -2.03. The van der Waals surface area contributed by atoms with Crippen LogP contribution in [0.25, 0.3) is 21.4 Å². The number of hydrogen-bond donors (Lipinski definition) is 1. The fraction of sp³-hybridized carbons (Fsp3) is 0.133. The van der Waals surface area contributed by atoms with E-state index in [4.69, 9.17) is 13.9 Å². The summed E-state index contributed by atoms with van der Waals surface area (Å²) < 4.78 is 16.1. The standard InChI is InChI=1S/C15H12O5S/c1-18-9-4-3-8(7-11(9)19-2)12-13(16)14-10(5-6-21-14)20-15(12)17/h3-7,16H,1-2H3. The van der Waals surface area contributed by atoms with Crippen LogP contribution in [0.4, 0.5) is 0 Å². The van der Waals surface area contributed by atoms with Gasteiger partial charge in [0.2, 0.25) is 0 Å². The highest BCUT2D eigenvalue weighted by Gasteiger charge is 2.18. The Hall–Kier alpha value is -2.47. The van der Waals surface area contributed by atoms with Crippen LogP contribution >= 0.6 is 11.3 Å². The quantitative estimate of drug-likeness (QED) is 0.804. The van der Waals surface area contributed by atoms with E-state index in [2.05, 4.69) is 0 Å². The molecule has 0 bridgehead atoms. The summed E-state index contributed by atoms with van der Waals surface area (Å²) in [5.74, 6) is 0.936. The molecule has 0 spiro atoms. The average Bonchev–Trinajstić information content (AvgIpc) is 2.95. The molecule has 0 aliphatic rings. The van der Waals surface area contributed by atoms with Crippen LogP contribution in [-0.2, 0) is 0 Å². The fourth-order valence-corrected chi connectivity index (χ4v) is 2.93. The maximum atomic E-state index is 12.1. The number of benzene rings is 1. The van der Waals surface area contributed by atoms with Gasteiger partial charge in [0.1, 0.15) is 10.3 Å². The van der Waals surface area contributed by atoms with Crippen LogP contribution in [-0.4, -0.2) is 19.3 Å². The lowest BCUT2D eigenvalue weighted by atomic mass is 10.1. The summed E-state index contributed by atoms with van der Waals surface area (Å²) in [5.41, 5.74) is 0.414. The molecule has 3 aromatic rings. The third kappa shape index (κ3) is 2.13. The lowest BCUT2D eigenvalue weighted by molar-refractivity contribution is 0.355. The van der Waals surface area contributed by atoms with Gasteiger partial charge in [-0.25, -0.2) is 4.79 Å². The van der Waals surface area contributed by atoms with Gasteiger partial charge >= 0.3 is 5.63 Å². The van der Waals surface area contributed by atoms with Gasteiger partial charge < -0.3 is 19.0 Å². The van der Waals surface area contributed by atoms with E-state index in [1.54, 1.807) is 29.6 Å². The monoisotopic (exact) mass is 304 g/mol. The second-order valence-electron chi connectivity index (χ2n) is 4.30. The third-order valence-electron chi connectivity index (χ3n) is 3.16. The van der Waals surface area contributed by atoms with E-state index in [1.165, 1.54) is 25.6 Å². The van der Waals surface area contributed by atoms with Crippen LogP contribution in [0.2, 0.25) is 0 Å². The summed E-state index contributed by atoms with van der Waals surface area (Å²) in [4.78, 5) is 12.1. The predicted octanol–water partition coefficient (Wildman–Crippen LogP) is 3.24. The zero-order valence-corrected chi connectivity index (χ0v) is 12.2. The molecule has 0 amide bonds. The predicted molar refractivity (Wildman–Crippen MR) is 80.6 cm³/mol. The van der Waals surface area contributed by atoms with E-state index < -0.39 is 5.63 Å². The Kier molecular flexibility index (Phi) is 3.31. The molecule has 0 fully saturated rings. The molecule has 0 saturated carbocycles. The van der Waals surface area contributed by atoms with Crippen molar-refractivity contribution >= 4 is 21.6 Å². The molecule has 3 rings (SSSR count). The molecule has 0 atom stereocenters. The second-order valence-corrected chi connectivity index (χ2v) is 5.21. The first-order valence-electron chi connectivity index (χ1n) is 6.11. The highest BCUT2D eigenvalue weighted by Crippen LogP contribution is 2.38. The molecule has 6 heteroatoms. The molecule has 0 unspecified atom stereocenters. The van der Waals surface area contributed by atoms with Gasteiger partial charge in [-0.15, -0.1) is 11.3 Å². The van der Waals surface area contributed by atoms with Crippen LogP contribution in [0.15, 0.2) is 38.9 Å². The van der Waals surface area contributed by atoms with Crippen molar-refractivity contribution in [2.45, 2.75) is 0 Å². The smallest absolute Gasteiger partial charge is 0.348 e. The van der Waals surface area contributed by atoms with Crippen molar-refractivity contribution in [3.63, 3.8) is 0 Å². The molecule has 0 aliphatic heterocycles. The lowest BCUT2D eigenvalue weighted by Gasteiger charge is -2.10. The summed E-state index contributed by atoms with van der Waals surface area (Å²) in [6.07, 6.45) is 0. The Morgan fingerprint density at radius 1 is 1.14 bits per heavy atom. The van der Waals surface area contributed by atoms with E-state index in [0.717, 1.165) is 0 Å². The van der Waals surface area contributed by atoms with Crippen LogP contribution in [0.1, 0.15) is 0 Å². The number of aromatic hydroxyl groups is 1. The van der Waals surface area contributed by atoms with E-state index in [9.17, 15) is 9.90 Å². The molecule has 108 valence electrons. The number of hydrogen-bond acceptors (Lipinski definition) is 6. The molecule has 2 aromatic heterocycles. The average molecular weight is 304 g/mol. The zero-order valence-electron chi connectivity index (χ0n) is 11.4. The SMILES string of the molecule is COc1ccc(-c2c(O)c3sccc3oc2=O)cc1OC. The summed E-state index contributed by atoms with van der Waals surface area (Å²) in [7, 11) is 3.04. The van der Waals surface area contributed by atoms with E-state index in [0.29, 0.717) is 27.3 Å². The van der Waals surface area contributed by atoms with Crippen molar-refractivity contribution in [2.75, 3.05) is 14.2 Å². The van der Waals surface area contributed by atoms with E-state index in [1.807, 2.05) is 0 Å². The zero-order chi connectivity index (χ0) is 15.0. The summed E-state index contributed by atoms with van der Waals surface area (Å²) >= 11 is 1.31. The summed E-state index contributed by atoms with van der Waals surface area (Å²) in [6, 6.07) is 6.63. The Bertz CT molecular complexity index is 862. The molecule has 5 nitrogen and oxygen atoms in total. The van der Waals surface area contributed by atoms with Crippen LogP contribution < -0.4 is 15.1 Å². The Morgan fingerprint density at radius 3 is 2.62 bits per heavy atom. The van der Waals surface area contributed by atoms with Gasteiger partial charge in [0.15, 0.2) is 22.8 Å². The van der Waals surface area contributed by atoms with Crippen LogP contribution in [0.5, 0.6) is 17.2 Å². The van der Waals surface area contributed by atoms with Crippen molar-refractivity contribution in [1.29, 1.82) is 0 Å². The van der Waals surface area contributed by atoms with Crippen molar-refractivity contribution in [1.82, 2.24) is 0 Å². The molecule has 1 aromatic carbocycles. The third-order valence-corrected chi connectivity index (χ3v) is 4.06. The van der Waals surface area contributed by atoms with E-state index >= 15 is 0 Å². The number of thiophene rings is 1. The first-order chi connectivity index (χ1) is 10.2. The van der Waals surface area contributed by atoms with Gasteiger partial charge in [0, 0.05) is 0 Å². The minimum Gasteiger partial charge on any atom is -0.505 e. The van der Waals surface area contributed by atoms with Gasteiger partial charge in [0.25, 0.3) is 0 Å². The van der Waals surface area contributed by atoms with Crippen molar-refractivity contribution < 1.29 is 19.0 Å². The number of rotatable bonds is 3. The van der Waals surface area contributed by atoms with Crippen molar-refractivity contribution in [3.05, 3.63) is 40.1 Å². The maximum absolute atomic E-state index is 12.1. The molecular formula is C15H12O5S. The first-order valence-corrected chi connectivity index (χ1v) is 6.99. The minimum atomic E-state index is -0.592. The largest absolute Gasteiger partial charge is 0.505 e. The van der Waals surface area contributed by atoms with Gasteiger partial charge in [0.05, 0.1) is 14.2 Å². The molecule has 0 radical (unpaired) electrons. The summed E-state index contributed by atoms with van der Waals surface area (Å²) in [6.45, 7) is 0. The van der Waals surface area contributed by atoms with Crippen molar-refractivity contribution in [3.8, 4) is 28.4 Å². The fourth-order valence-electron chi connectivity index (χ4n) is 2.16. The highest BCUT2D eigenvalue weighted by atomic mass is 32.1. The Balaban J connectivity index is 2.27. The van der Waals surface area contributed by atoms with Crippen LogP contribution in [0, 0.1) is 0 Å². The molecule has 1 N–H and O–H groups in total. The number of fused-ring (bicyclic) bond motifs is 1. The van der Waals surface area contributed by atoms with Gasteiger partial charge in [-0.05, 0) is 29.1 Å². The Morgan fingerprint density at radius 2 is 1.90 bits per heavy atom. The highest BCUT2D eigenvalue weighted by molar-refractivity contribution is 7.17. The molecule has 21 heavy (non-hydrogen) atoms. The van der Waals surface area contributed by atoms with Gasteiger partial charge in [-0.2, -0.15) is 0 Å². The van der Waals surface area contributed by atoms with Gasteiger partial charge in [-0.3, -0.25) is 0 Å². The second kappa shape index (κ2) is 5.14. The number of ether oxygens (including phenoxy) is 2. The summed E-state index contributed by atoms with van der Waals surface area (Å²) in [5, 5.41) is 12.1. The Labute approximate surface area is 124 Å². The van der Waals surface area contributed by atoms with Gasteiger partial charge in [-0.1, -0.05) is 6.07 Å². The molecular weight excluding hydrogens is 292 g/mol. The van der Waals surface area contributed by atoms with Crippen molar-refractivity contribution in [2.24, 2.45) is 0 Å². The number of methoxy groups -OCH3 is 2. The maximum Gasteiger partial charge on any atom is 0.348 e.